The highest BCUT2D eigenvalue weighted by Crippen LogP contribution is 2.41. The van der Waals surface area contributed by atoms with Gasteiger partial charge in [-0.15, -0.1) is 0 Å². The highest BCUT2D eigenvalue weighted by atomic mass is 19.4. The number of fused-ring (bicyclic) bond motifs is 1. The van der Waals surface area contributed by atoms with Crippen LogP contribution < -0.4 is 10.3 Å². The summed E-state index contributed by atoms with van der Waals surface area (Å²) in [6.45, 7) is 10.5. The van der Waals surface area contributed by atoms with E-state index in [1.807, 2.05) is 39.6 Å². The van der Waals surface area contributed by atoms with Crippen molar-refractivity contribution in [3.8, 4) is 0 Å². The van der Waals surface area contributed by atoms with Gasteiger partial charge in [0.15, 0.2) is 0 Å². The molecule has 4 rings (SSSR count). The molecule has 1 atom stereocenters. The number of benzene rings is 1. The topological polar surface area (TPSA) is 54.0 Å². The van der Waals surface area contributed by atoms with Crippen LogP contribution in [0, 0.1) is 0 Å². The van der Waals surface area contributed by atoms with Crippen molar-refractivity contribution in [2.24, 2.45) is 0 Å². The minimum Gasteiger partial charge on any atom is -0.399 e. The van der Waals surface area contributed by atoms with E-state index in [1.54, 1.807) is 0 Å². The molecule has 1 aromatic carbocycles. The average molecular weight is 423 g/mol. The van der Waals surface area contributed by atoms with Crippen LogP contribution in [0.2, 0.25) is 0 Å². The molecule has 0 aliphatic carbocycles. The Morgan fingerprint density at radius 3 is 2.20 bits per heavy atom. The van der Waals surface area contributed by atoms with Crippen molar-refractivity contribution in [3.05, 3.63) is 41.0 Å². The number of hydrogen-bond donors (Lipinski definition) is 1. The van der Waals surface area contributed by atoms with Gasteiger partial charge in [0.05, 0.1) is 22.8 Å². The van der Waals surface area contributed by atoms with Crippen LogP contribution in [-0.4, -0.2) is 48.4 Å². The number of carbonyl (C=O) groups excluding carboxylic acids is 1. The molecule has 1 unspecified atom stereocenters. The highest BCUT2D eigenvalue weighted by molar-refractivity contribution is 6.56. The Kier molecular flexibility index (Phi) is 4.76. The summed E-state index contributed by atoms with van der Waals surface area (Å²) >= 11 is 0. The van der Waals surface area contributed by atoms with Gasteiger partial charge in [-0.2, -0.15) is 13.2 Å². The Morgan fingerprint density at radius 1 is 1.10 bits per heavy atom. The average Bonchev–Trinajstić information content (AvgIpc) is 3.17. The molecule has 0 spiro atoms. The molecule has 0 aromatic heterocycles. The fourth-order valence-corrected chi connectivity index (χ4v) is 3.89. The summed E-state index contributed by atoms with van der Waals surface area (Å²) in [6, 6.07) is 4.58. The first-order valence-corrected chi connectivity index (χ1v) is 9.92. The van der Waals surface area contributed by atoms with Crippen molar-refractivity contribution in [1.29, 1.82) is 0 Å². The number of carbonyl (C=O) groups is 1. The van der Waals surface area contributed by atoms with Gasteiger partial charge >= 0.3 is 13.3 Å². The number of hydrazine groups is 1. The number of hydrogen-bond acceptors (Lipinski definition) is 5. The van der Waals surface area contributed by atoms with E-state index in [9.17, 15) is 18.0 Å². The first kappa shape index (κ1) is 21.2. The maximum absolute atomic E-state index is 13.4. The minimum atomic E-state index is -4.42. The third kappa shape index (κ3) is 3.31. The fraction of sp³-hybridized carbons (Fsp3) is 0.550. The predicted molar refractivity (Wildman–Crippen MR) is 106 cm³/mol. The zero-order chi connectivity index (χ0) is 22.1. The number of anilines is 1. The van der Waals surface area contributed by atoms with Crippen LogP contribution in [0.25, 0.3) is 0 Å². The maximum Gasteiger partial charge on any atom is 0.494 e. The Balaban J connectivity index is 1.67. The summed E-state index contributed by atoms with van der Waals surface area (Å²) in [7, 11) is -0.675. The normalized spacial score (nSPS) is 25.9. The van der Waals surface area contributed by atoms with Gasteiger partial charge < -0.3 is 14.2 Å². The third-order valence-corrected chi connectivity index (χ3v) is 6.36. The summed E-state index contributed by atoms with van der Waals surface area (Å²) < 4.78 is 51.0. The molecule has 3 heterocycles. The van der Waals surface area contributed by atoms with Crippen LogP contribution in [-0.2, 0) is 20.3 Å². The maximum atomic E-state index is 13.4. The van der Waals surface area contributed by atoms with Gasteiger partial charge in [-0.05, 0) is 58.9 Å². The lowest BCUT2D eigenvalue weighted by Crippen LogP contribution is -2.55. The largest absolute Gasteiger partial charge is 0.494 e. The van der Waals surface area contributed by atoms with Crippen molar-refractivity contribution in [2.45, 2.75) is 58.0 Å². The van der Waals surface area contributed by atoms with Gasteiger partial charge in [0.25, 0.3) is 5.91 Å². The number of piperazine rings is 1. The SMILES string of the molecule is CC1CN(c2ccc(C(F)(F)F)cc2)C(=O)C2=C(B3OC(C)(C)C(C)(C)O3)CNN21. The number of nitrogens with zero attached hydrogens (tertiary/aromatic N) is 2. The molecule has 0 bridgehead atoms. The molecular weight excluding hydrogens is 398 g/mol. The molecule has 1 aromatic rings. The van der Waals surface area contributed by atoms with E-state index in [0.717, 1.165) is 12.1 Å². The van der Waals surface area contributed by atoms with E-state index < -0.39 is 30.1 Å². The Morgan fingerprint density at radius 2 is 1.67 bits per heavy atom. The Hall–Kier alpha value is -2.04. The van der Waals surface area contributed by atoms with Gasteiger partial charge in [-0.25, -0.2) is 5.43 Å². The molecule has 10 heteroatoms. The fourth-order valence-electron chi connectivity index (χ4n) is 3.89. The van der Waals surface area contributed by atoms with Crippen molar-refractivity contribution < 1.29 is 27.3 Å². The molecule has 2 fully saturated rings. The van der Waals surface area contributed by atoms with Crippen LogP contribution in [0.5, 0.6) is 0 Å². The standard InChI is InChI=1S/C20H25BF3N3O3/c1-12-11-26(14-8-6-13(7-9-14)20(22,23)24)17(28)16-15(10-25-27(12)16)21-29-18(2,3)19(4,5)30-21/h6-9,12,25H,10-11H2,1-5H3. The predicted octanol–water partition coefficient (Wildman–Crippen LogP) is 3.15. The Bertz CT molecular complexity index is 883. The van der Waals surface area contributed by atoms with E-state index >= 15 is 0 Å². The first-order valence-electron chi connectivity index (χ1n) is 9.92. The van der Waals surface area contributed by atoms with Crippen LogP contribution in [0.4, 0.5) is 18.9 Å². The summed E-state index contributed by atoms with van der Waals surface area (Å²) in [4.78, 5) is 14.9. The van der Waals surface area contributed by atoms with Crippen LogP contribution in [0.1, 0.15) is 40.2 Å². The third-order valence-electron chi connectivity index (χ3n) is 6.36. The summed E-state index contributed by atoms with van der Waals surface area (Å²) in [5, 5.41) is 1.81. The quantitative estimate of drug-likeness (QED) is 0.741. The van der Waals surface area contributed by atoms with Crippen molar-refractivity contribution >= 4 is 18.7 Å². The molecule has 1 amide bonds. The molecule has 0 radical (unpaired) electrons. The zero-order valence-electron chi connectivity index (χ0n) is 17.6. The van der Waals surface area contributed by atoms with Crippen LogP contribution in [0.15, 0.2) is 35.4 Å². The molecule has 0 saturated carbocycles. The molecule has 2 saturated heterocycles. The molecule has 162 valence electrons. The lowest BCUT2D eigenvalue weighted by atomic mass is 9.76. The number of amides is 1. The van der Waals surface area contributed by atoms with Gasteiger partial charge in [0.1, 0.15) is 5.70 Å². The van der Waals surface area contributed by atoms with Gasteiger partial charge in [0.2, 0.25) is 0 Å². The van der Waals surface area contributed by atoms with Crippen LogP contribution in [0.3, 0.4) is 0 Å². The highest BCUT2D eigenvalue weighted by Gasteiger charge is 2.55. The van der Waals surface area contributed by atoms with Gasteiger partial charge in [-0.3, -0.25) is 9.80 Å². The molecule has 30 heavy (non-hydrogen) atoms. The summed E-state index contributed by atoms with van der Waals surface area (Å²) in [5.74, 6) is -0.289. The molecule has 3 aliphatic heterocycles. The smallest absolute Gasteiger partial charge is 0.399 e. The van der Waals surface area contributed by atoms with E-state index in [4.69, 9.17) is 9.31 Å². The lowest BCUT2D eigenvalue weighted by molar-refractivity contribution is -0.137. The minimum absolute atomic E-state index is 0.0834. The molecule has 3 aliphatic rings. The second kappa shape index (κ2) is 6.73. The second-order valence-corrected chi connectivity index (χ2v) is 8.98. The monoisotopic (exact) mass is 423 g/mol. The number of nitrogens with one attached hydrogen (secondary N) is 1. The van der Waals surface area contributed by atoms with Crippen molar-refractivity contribution in [2.75, 3.05) is 18.0 Å². The summed E-state index contributed by atoms with van der Waals surface area (Å²) in [6.07, 6.45) is -4.42. The molecule has 6 nitrogen and oxygen atoms in total. The van der Waals surface area contributed by atoms with E-state index in [2.05, 4.69) is 5.43 Å². The van der Waals surface area contributed by atoms with E-state index in [-0.39, 0.29) is 11.9 Å². The molecular formula is C20H25BF3N3O3. The van der Waals surface area contributed by atoms with Gasteiger partial charge in [-0.1, -0.05) is 0 Å². The lowest BCUT2D eigenvalue weighted by Gasteiger charge is -2.39. The van der Waals surface area contributed by atoms with Crippen molar-refractivity contribution in [1.82, 2.24) is 10.4 Å². The second-order valence-electron chi connectivity index (χ2n) is 8.98. The first-order chi connectivity index (χ1) is 13.8. The van der Waals surface area contributed by atoms with Crippen molar-refractivity contribution in [3.63, 3.8) is 0 Å². The zero-order valence-corrected chi connectivity index (χ0v) is 17.6. The number of halogens is 3. The van der Waals surface area contributed by atoms with Crippen LogP contribution >= 0.6 is 0 Å². The number of alkyl halides is 3. The van der Waals surface area contributed by atoms with E-state index in [0.29, 0.717) is 29.9 Å². The number of rotatable bonds is 2. The molecule has 1 N–H and O–H groups in total. The summed E-state index contributed by atoms with van der Waals surface area (Å²) in [5.41, 5.74) is 2.94. The van der Waals surface area contributed by atoms with Gasteiger partial charge in [0, 0.05) is 24.2 Å². The Labute approximate surface area is 174 Å². The van der Waals surface area contributed by atoms with E-state index in [1.165, 1.54) is 17.0 Å².